The van der Waals surface area contributed by atoms with Gasteiger partial charge in [0.1, 0.15) is 5.82 Å². The van der Waals surface area contributed by atoms with Gasteiger partial charge in [-0.15, -0.1) is 0 Å². The highest BCUT2D eigenvalue weighted by Crippen LogP contribution is 2.10. The Kier molecular flexibility index (Phi) is 6.10. The minimum atomic E-state index is -0.334. The highest BCUT2D eigenvalue weighted by molar-refractivity contribution is 5.79. The van der Waals surface area contributed by atoms with E-state index in [2.05, 4.69) is 0 Å². The summed E-state index contributed by atoms with van der Waals surface area (Å²) in [4.78, 5) is 28.0. The molecule has 2 N–H and O–H groups in total. The average Bonchev–Trinajstić information content (AvgIpc) is 2.72. The van der Waals surface area contributed by atoms with Crippen LogP contribution < -0.4 is 5.73 Å². The first-order valence-corrected chi connectivity index (χ1v) is 8.01. The van der Waals surface area contributed by atoms with E-state index >= 15 is 0 Å². The van der Waals surface area contributed by atoms with Crippen LogP contribution in [0.4, 0.5) is 4.39 Å². The Morgan fingerprint density at radius 3 is 2.43 bits per heavy atom. The fourth-order valence-electron chi connectivity index (χ4n) is 2.75. The van der Waals surface area contributed by atoms with Crippen LogP contribution in [0, 0.1) is 5.82 Å². The largest absolute Gasteiger partial charge is 0.341 e. The van der Waals surface area contributed by atoms with Gasteiger partial charge in [0, 0.05) is 38.6 Å². The zero-order chi connectivity index (χ0) is 16.8. The topological polar surface area (TPSA) is 66.6 Å². The van der Waals surface area contributed by atoms with Gasteiger partial charge in [-0.2, -0.15) is 0 Å². The standard InChI is InChI=1S/C17H24FN3O2/c1-13(19)10-16(22)20-6-3-7-21(9-8-20)17(23)12-14-4-2-5-15(18)11-14/h2,4-5,11,13H,3,6-10,12,19H2,1H3. The number of nitrogens with zero attached hydrogens (tertiary/aromatic N) is 2. The molecule has 5 nitrogen and oxygen atoms in total. The van der Waals surface area contributed by atoms with Crippen molar-refractivity contribution < 1.29 is 14.0 Å². The maximum atomic E-state index is 13.2. The second-order valence-electron chi connectivity index (χ2n) is 6.10. The van der Waals surface area contributed by atoms with Gasteiger partial charge in [-0.1, -0.05) is 12.1 Å². The molecule has 0 aliphatic carbocycles. The molecule has 1 aromatic carbocycles. The van der Waals surface area contributed by atoms with Crippen LogP contribution in [0.25, 0.3) is 0 Å². The smallest absolute Gasteiger partial charge is 0.227 e. The molecular weight excluding hydrogens is 297 g/mol. The Balaban J connectivity index is 1.89. The van der Waals surface area contributed by atoms with E-state index in [9.17, 15) is 14.0 Å². The van der Waals surface area contributed by atoms with Crippen molar-refractivity contribution in [3.8, 4) is 0 Å². The Bertz CT molecular complexity index is 563. The van der Waals surface area contributed by atoms with Crippen LogP contribution in [0.2, 0.25) is 0 Å². The van der Waals surface area contributed by atoms with Crippen molar-refractivity contribution >= 4 is 11.8 Å². The molecular formula is C17H24FN3O2. The summed E-state index contributed by atoms with van der Waals surface area (Å²) in [6.45, 7) is 4.12. The lowest BCUT2D eigenvalue weighted by Gasteiger charge is -2.23. The van der Waals surface area contributed by atoms with Crippen molar-refractivity contribution in [3.05, 3.63) is 35.6 Å². The van der Waals surface area contributed by atoms with Gasteiger partial charge in [0.2, 0.25) is 11.8 Å². The van der Waals surface area contributed by atoms with Crippen molar-refractivity contribution in [1.82, 2.24) is 9.80 Å². The average molecular weight is 321 g/mol. The number of rotatable bonds is 4. The van der Waals surface area contributed by atoms with Crippen LogP contribution in [0.1, 0.15) is 25.3 Å². The van der Waals surface area contributed by atoms with Crippen LogP contribution in [0.15, 0.2) is 24.3 Å². The molecule has 1 heterocycles. The lowest BCUT2D eigenvalue weighted by molar-refractivity contribution is -0.133. The summed E-state index contributed by atoms with van der Waals surface area (Å²) in [5.74, 6) is -0.324. The molecule has 0 aromatic heterocycles. The van der Waals surface area contributed by atoms with Crippen molar-refractivity contribution in [3.63, 3.8) is 0 Å². The van der Waals surface area contributed by atoms with Gasteiger partial charge in [0.15, 0.2) is 0 Å². The second kappa shape index (κ2) is 8.06. The van der Waals surface area contributed by atoms with E-state index in [1.807, 2.05) is 6.92 Å². The predicted molar refractivity (Wildman–Crippen MR) is 86.1 cm³/mol. The lowest BCUT2D eigenvalue weighted by Crippen LogP contribution is -2.39. The van der Waals surface area contributed by atoms with Gasteiger partial charge in [-0.25, -0.2) is 4.39 Å². The van der Waals surface area contributed by atoms with E-state index in [0.717, 1.165) is 6.42 Å². The molecule has 2 amide bonds. The number of carbonyl (C=O) groups is 2. The monoisotopic (exact) mass is 321 g/mol. The predicted octanol–water partition coefficient (Wildman–Crippen LogP) is 1.17. The van der Waals surface area contributed by atoms with Gasteiger partial charge in [-0.3, -0.25) is 9.59 Å². The van der Waals surface area contributed by atoms with Gasteiger partial charge in [-0.05, 0) is 31.0 Å². The number of nitrogens with two attached hydrogens (primary N) is 1. The quantitative estimate of drug-likeness (QED) is 0.905. The van der Waals surface area contributed by atoms with E-state index in [1.54, 1.807) is 21.9 Å². The maximum absolute atomic E-state index is 13.2. The number of hydrogen-bond donors (Lipinski definition) is 1. The summed E-state index contributed by atoms with van der Waals surface area (Å²) < 4.78 is 13.2. The Morgan fingerprint density at radius 2 is 1.83 bits per heavy atom. The summed E-state index contributed by atoms with van der Waals surface area (Å²) in [5.41, 5.74) is 6.34. The summed E-state index contributed by atoms with van der Waals surface area (Å²) in [6.07, 6.45) is 1.27. The first kappa shape index (κ1) is 17.4. The third-order valence-electron chi connectivity index (χ3n) is 3.94. The molecule has 1 aliphatic rings. The maximum Gasteiger partial charge on any atom is 0.227 e. The molecule has 1 aliphatic heterocycles. The van der Waals surface area contributed by atoms with E-state index in [-0.39, 0.29) is 30.1 Å². The first-order chi connectivity index (χ1) is 11.0. The molecule has 0 bridgehead atoms. The van der Waals surface area contributed by atoms with E-state index < -0.39 is 0 Å². The number of amides is 2. The minimum Gasteiger partial charge on any atom is -0.341 e. The van der Waals surface area contributed by atoms with E-state index in [4.69, 9.17) is 5.73 Å². The Hall–Kier alpha value is -1.95. The lowest BCUT2D eigenvalue weighted by atomic mass is 10.1. The SMILES string of the molecule is CC(N)CC(=O)N1CCCN(C(=O)Cc2cccc(F)c2)CC1. The van der Waals surface area contributed by atoms with Gasteiger partial charge in [0.05, 0.1) is 6.42 Å². The van der Waals surface area contributed by atoms with Crippen molar-refractivity contribution in [1.29, 1.82) is 0 Å². The van der Waals surface area contributed by atoms with Crippen molar-refractivity contribution in [2.45, 2.75) is 32.2 Å². The zero-order valence-corrected chi connectivity index (χ0v) is 13.5. The number of benzene rings is 1. The molecule has 0 radical (unpaired) electrons. The summed E-state index contributed by atoms with van der Waals surface area (Å²) >= 11 is 0. The molecule has 1 fully saturated rings. The number of hydrogen-bond acceptors (Lipinski definition) is 3. The first-order valence-electron chi connectivity index (χ1n) is 8.01. The van der Waals surface area contributed by atoms with Crippen molar-refractivity contribution in [2.24, 2.45) is 5.73 Å². The second-order valence-corrected chi connectivity index (χ2v) is 6.10. The van der Waals surface area contributed by atoms with Crippen LogP contribution in [-0.2, 0) is 16.0 Å². The molecule has 1 unspecified atom stereocenters. The molecule has 1 saturated heterocycles. The Labute approximate surface area is 136 Å². The third kappa shape index (κ3) is 5.32. The van der Waals surface area contributed by atoms with Gasteiger partial charge >= 0.3 is 0 Å². The number of halogens is 1. The third-order valence-corrected chi connectivity index (χ3v) is 3.94. The van der Waals surface area contributed by atoms with E-state index in [1.165, 1.54) is 12.1 Å². The fraction of sp³-hybridized carbons (Fsp3) is 0.529. The van der Waals surface area contributed by atoms with Gasteiger partial charge in [0.25, 0.3) is 0 Å². The molecule has 1 aromatic rings. The Morgan fingerprint density at radius 1 is 1.17 bits per heavy atom. The summed E-state index contributed by atoms with van der Waals surface area (Å²) in [5, 5.41) is 0. The van der Waals surface area contributed by atoms with Crippen LogP contribution in [0.5, 0.6) is 0 Å². The molecule has 6 heteroatoms. The molecule has 0 saturated carbocycles. The van der Waals surface area contributed by atoms with Crippen LogP contribution in [-0.4, -0.2) is 53.8 Å². The molecule has 0 spiro atoms. The summed E-state index contributed by atoms with van der Waals surface area (Å²) in [6, 6.07) is 5.94. The summed E-state index contributed by atoms with van der Waals surface area (Å²) in [7, 11) is 0. The normalized spacial score (nSPS) is 16.8. The molecule has 126 valence electrons. The molecule has 1 atom stereocenters. The van der Waals surface area contributed by atoms with Gasteiger partial charge < -0.3 is 15.5 Å². The highest BCUT2D eigenvalue weighted by Gasteiger charge is 2.22. The number of carbonyl (C=O) groups excluding carboxylic acids is 2. The van der Waals surface area contributed by atoms with Crippen LogP contribution in [0.3, 0.4) is 0 Å². The zero-order valence-electron chi connectivity index (χ0n) is 13.5. The fourth-order valence-corrected chi connectivity index (χ4v) is 2.75. The molecule has 2 rings (SSSR count). The van der Waals surface area contributed by atoms with E-state index in [0.29, 0.717) is 38.2 Å². The van der Waals surface area contributed by atoms with Crippen LogP contribution >= 0.6 is 0 Å². The van der Waals surface area contributed by atoms with Crippen molar-refractivity contribution in [2.75, 3.05) is 26.2 Å². The highest BCUT2D eigenvalue weighted by atomic mass is 19.1. The molecule has 23 heavy (non-hydrogen) atoms. The minimum absolute atomic E-state index is 0.0305.